The molecule has 1 N–H and O–H groups in total. The lowest BCUT2D eigenvalue weighted by molar-refractivity contribution is -0.116. The number of hydrogen-bond acceptors (Lipinski definition) is 5. The summed E-state index contributed by atoms with van der Waals surface area (Å²) in [7, 11) is 0. The van der Waals surface area contributed by atoms with Crippen LogP contribution in [0, 0.1) is 20.8 Å². The van der Waals surface area contributed by atoms with E-state index in [1.54, 1.807) is 22.9 Å². The number of ketones is 1. The smallest absolute Gasteiger partial charge is 0.226 e. The monoisotopic (exact) mass is 417 g/mol. The molecule has 5 rings (SSSR count). The summed E-state index contributed by atoms with van der Waals surface area (Å²) in [6, 6.07) is 11.3. The van der Waals surface area contributed by atoms with Crippen molar-refractivity contribution in [2.24, 2.45) is 0 Å². The minimum absolute atomic E-state index is 0.0830. The molecular weight excluding hydrogens is 394 g/mol. The number of hydrogen-bond donors (Lipinski definition) is 1. The fourth-order valence-electron chi connectivity index (χ4n) is 4.43. The van der Waals surface area contributed by atoms with Crippen LogP contribution in [-0.4, -0.2) is 34.7 Å². The van der Waals surface area contributed by atoms with Crippen LogP contribution >= 0.6 is 0 Å². The van der Waals surface area contributed by atoms with Crippen molar-refractivity contribution >= 4 is 17.5 Å². The summed E-state index contributed by atoms with van der Waals surface area (Å²) >= 11 is 0. The summed E-state index contributed by atoms with van der Waals surface area (Å²) in [6.45, 7) is 6.85. The molecule has 1 atom stereocenters. The number of nitrogens with zero attached hydrogens (tertiary/aromatic N) is 2. The fraction of sp³-hybridized carbons (Fsp3) is 0.292. The molecule has 0 saturated carbocycles. The molecule has 2 aliphatic rings. The number of anilines is 1. The SMILES string of the molecule is Cc1cc(C)cc(-n2nc(C)c3c2NC(=O)C[C@@H]3C(=O)c2ccc3c(c2)OCCO3)c1. The van der Waals surface area contributed by atoms with Crippen molar-refractivity contribution in [3.05, 3.63) is 64.3 Å². The van der Waals surface area contributed by atoms with Gasteiger partial charge in [-0.25, -0.2) is 4.68 Å². The van der Waals surface area contributed by atoms with Gasteiger partial charge in [-0.1, -0.05) is 6.07 Å². The Balaban J connectivity index is 1.58. The van der Waals surface area contributed by atoms with E-state index in [9.17, 15) is 9.59 Å². The highest BCUT2D eigenvalue weighted by Crippen LogP contribution is 2.40. The zero-order valence-electron chi connectivity index (χ0n) is 17.7. The van der Waals surface area contributed by atoms with Crippen molar-refractivity contribution in [1.29, 1.82) is 0 Å². The lowest BCUT2D eigenvalue weighted by Crippen LogP contribution is -2.28. The van der Waals surface area contributed by atoms with Gasteiger partial charge in [0.05, 0.1) is 17.3 Å². The van der Waals surface area contributed by atoms with Gasteiger partial charge in [0.25, 0.3) is 0 Å². The highest BCUT2D eigenvalue weighted by Gasteiger charge is 2.36. The molecule has 2 aromatic carbocycles. The Hall–Kier alpha value is -3.61. The number of aryl methyl sites for hydroxylation is 3. The molecular formula is C24H23N3O4. The summed E-state index contributed by atoms with van der Waals surface area (Å²) < 4.78 is 12.9. The summed E-state index contributed by atoms with van der Waals surface area (Å²) in [4.78, 5) is 26.1. The van der Waals surface area contributed by atoms with Crippen molar-refractivity contribution in [2.75, 3.05) is 18.5 Å². The molecule has 7 heteroatoms. The number of rotatable bonds is 3. The molecule has 3 heterocycles. The van der Waals surface area contributed by atoms with Gasteiger partial charge in [-0.05, 0) is 62.2 Å². The second-order valence-electron chi connectivity index (χ2n) is 8.13. The number of ether oxygens (including phenoxy) is 2. The van der Waals surface area contributed by atoms with Crippen LogP contribution in [0.15, 0.2) is 36.4 Å². The fourth-order valence-corrected chi connectivity index (χ4v) is 4.43. The maximum absolute atomic E-state index is 13.5. The second-order valence-corrected chi connectivity index (χ2v) is 8.13. The first-order valence-corrected chi connectivity index (χ1v) is 10.3. The third-order valence-electron chi connectivity index (χ3n) is 5.70. The van der Waals surface area contributed by atoms with Gasteiger partial charge in [-0.3, -0.25) is 9.59 Å². The van der Waals surface area contributed by atoms with E-state index >= 15 is 0 Å². The van der Waals surface area contributed by atoms with Crippen molar-refractivity contribution < 1.29 is 19.1 Å². The van der Waals surface area contributed by atoms with Gasteiger partial charge in [0.15, 0.2) is 17.3 Å². The molecule has 0 fully saturated rings. The first-order chi connectivity index (χ1) is 14.9. The maximum Gasteiger partial charge on any atom is 0.226 e. The number of aromatic nitrogens is 2. The number of benzene rings is 2. The normalized spacial score (nSPS) is 17.1. The maximum atomic E-state index is 13.5. The summed E-state index contributed by atoms with van der Waals surface area (Å²) in [6.07, 6.45) is 0.0830. The van der Waals surface area contributed by atoms with E-state index < -0.39 is 5.92 Å². The Morgan fingerprint density at radius 1 is 1.03 bits per heavy atom. The predicted molar refractivity (Wildman–Crippen MR) is 116 cm³/mol. The lowest BCUT2D eigenvalue weighted by Gasteiger charge is -2.24. The number of Topliss-reactive ketones (excluding diaryl/α,β-unsaturated/α-hetero) is 1. The van der Waals surface area contributed by atoms with E-state index in [2.05, 4.69) is 16.5 Å². The number of carbonyl (C=O) groups is 2. The Kier molecular flexibility index (Phi) is 4.54. The molecule has 0 radical (unpaired) electrons. The number of amides is 1. The second kappa shape index (κ2) is 7.27. The summed E-state index contributed by atoms with van der Waals surface area (Å²) in [5, 5.41) is 7.62. The summed E-state index contributed by atoms with van der Waals surface area (Å²) in [5.74, 6) is 0.814. The van der Waals surface area contributed by atoms with Crippen molar-refractivity contribution in [3.8, 4) is 17.2 Å². The highest BCUT2D eigenvalue weighted by atomic mass is 16.6. The van der Waals surface area contributed by atoms with Gasteiger partial charge in [0.1, 0.15) is 19.0 Å². The van der Waals surface area contributed by atoms with Gasteiger partial charge in [-0.2, -0.15) is 5.10 Å². The Morgan fingerprint density at radius 2 is 1.74 bits per heavy atom. The highest BCUT2D eigenvalue weighted by molar-refractivity contribution is 6.08. The minimum atomic E-state index is -0.606. The van der Waals surface area contributed by atoms with E-state index in [0.717, 1.165) is 28.1 Å². The molecule has 0 unspecified atom stereocenters. The molecule has 1 aromatic heterocycles. The van der Waals surface area contributed by atoms with Gasteiger partial charge in [0, 0.05) is 17.5 Å². The molecule has 158 valence electrons. The molecule has 2 aliphatic heterocycles. The van der Waals surface area contributed by atoms with E-state index in [1.165, 1.54) is 0 Å². The van der Waals surface area contributed by atoms with Gasteiger partial charge in [0.2, 0.25) is 5.91 Å². The third kappa shape index (κ3) is 3.36. The van der Waals surface area contributed by atoms with Crippen LogP contribution in [0.5, 0.6) is 11.5 Å². The molecule has 7 nitrogen and oxygen atoms in total. The van der Waals surface area contributed by atoms with E-state index in [-0.39, 0.29) is 18.1 Å². The van der Waals surface area contributed by atoms with Crippen molar-refractivity contribution in [1.82, 2.24) is 9.78 Å². The Bertz CT molecular complexity index is 1210. The first kappa shape index (κ1) is 19.4. The topological polar surface area (TPSA) is 82.5 Å². The van der Waals surface area contributed by atoms with E-state index in [1.807, 2.05) is 32.9 Å². The third-order valence-corrected chi connectivity index (χ3v) is 5.70. The Labute approximate surface area is 180 Å². The zero-order chi connectivity index (χ0) is 21.7. The van der Waals surface area contributed by atoms with Crippen molar-refractivity contribution in [2.45, 2.75) is 33.1 Å². The summed E-state index contributed by atoms with van der Waals surface area (Å²) in [5.41, 5.74) is 5.04. The van der Waals surface area contributed by atoms with Crippen LogP contribution in [0.4, 0.5) is 5.82 Å². The molecule has 1 amide bonds. The number of fused-ring (bicyclic) bond motifs is 2. The molecule has 31 heavy (non-hydrogen) atoms. The van der Waals surface area contributed by atoms with Crippen LogP contribution in [0.2, 0.25) is 0 Å². The molecule has 0 aliphatic carbocycles. The van der Waals surface area contributed by atoms with Gasteiger partial charge >= 0.3 is 0 Å². The largest absolute Gasteiger partial charge is 0.486 e. The molecule has 0 spiro atoms. The van der Waals surface area contributed by atoms with Crippen LogP contribution in [0.1, 0.15) is 45.1 Å². The average Bonchev–Trinajstić information content (AvgIpc) is 3.08. The molecule has 0 bridgehead atoms. The van der Waals surface area contributed by atoms with Crippen LogP contribution in [-0.2, 0) is 4.79 Å². The average molecular weight is 417 g/mol. The predicted octanol–water partition coefficient (Wildman–Crippen LogP) is 3.88. The standard InChI is InChI=1S/C24H23N3O4/c1-13-8-14(2)10-17(9-13)27-24-22(15(3)26-27)18(12-21(28)25-24)23(29)16-4-5-19-20(11-16)31-7-6-30-19/h4-5,8-11,18H,6-7,12H2,1-3H3,(H,25,28)/t18-/m0/s1. The van der Waals surface area contributed by atoms with Gasteiger partial charge in [-0.15, -0.1) is 0 Å². The van der Waals surface area contributed by atoms with E-state index in [4.69, 9.17) is 9.47 Å². The lowest BCUT2D eigenvalue weighted by atomic mass is 9.85. The Morgan fingerprint density at radius 3 is 2.48 bits per heavy atom. The number of nitrogens with one attached hydrogen (secondary N) is 1. The van der Waals surface area contributed by atoms with Crippen LogP contribution in [0.3, 0.4) is 0 Å². The van der Waals surface area contributed by atoms with Gasteiger partial charge < -0.3 is 14.8 Å². The zero-order valence-corrected chi connectivity index (χ0v) is 17.7. The number of carbonyl (C=O) groups excluding carboxylic acids is 2. The quantitative estimate of drug-likeness (QED) is 0.654. The van der Waals surface area contributed by atoms with Crippen LogP contribution < -0.4 is 14.8 Å². The first-order valence-electron chi connectivity index (χ1n) is 10.3. The molecule has 3 aromatic rings. The van der Waals surface area contributed by atoms with E-state index in [0.29, 0.717) is 36.1 Å². The van der Waals surface area contributed by atoms with Crippen molar-refractivity contribution in [3.63, 3.8) is 0 Å². The molecule has 0 saturated heterocycles. The minimum Gasteiger partial charge on any atom is -0.486 e. The van der Waals surface area contributed by atoms with Crippen LogP contribution in [0.25, 0.3) is 5.69 Å².